The highest BCUT2D eigenvalue weighted by Crippen LogP contribution is 2.18. The van der Waals surface area contributed by atoms with Crippen LogP contribution in [0.2, 0.25) is 0 Å². The molecule has 0 N–H and O–H groups in total. The van der Waals surface area contributed by atoms with Gasteiger partial charge in [0.25, 0.3) is 0 Å². The Kier molecular flexibility index (Phi) is 6.50. The molecule has 5 heteroatoms. The van der Waals surface area contributed by atoms with Gasteiger partial charge in [0, 0.05) is 17.9 Å². The van der Waals surface area contributed by atoms with E-state index < -0.39 is 6.15 Å². The number of halogens is 4. The van der Waals surface area contributed by atoms with E-state index in [9.17, 15) is 0 Å². The molecule has 29 heavy (non-hydrogen) atoms. The quantitative estimate of drug-likeness (QED) is 0.238. The third-order valence-electron chi connectivity index (χ3n) is 5.39. The highest BCUT2D eigenvalue weighted by molar-refractivity contribution is 9.11. The first-order chi connectivity index (χ1) is 14.0. The largest absolute Gasteiger partial charge is 0.194 e. The van der Waals surface area contributed by atoms with Crippen molar-refractivity contribution in [2.75, 3.05) is 0 Å². The second kappa shape index (κ2) is 8.93. The van der Waals surface area contributed by atoms with Crippen LogP contribution in [0.3, 0.4) is 0 Å². The van der Waals surface area contributed by atoms with Crippen LogP contribution in [0, 0.1) is 0 Å². The van der Waals surface area contributed by atoms with Crippen LogP contribution >= 0.6 is 63.7 Å². The molecule has 0 aliphatic carbocycles. The van der Waals surface area contributed by atoms with Gasteiger partial charge in [-0.2, -0.15) is 21.9 Å². The Morgan fingerprint density at radius 1 is 0.379 bits per heavy atom. The first-order valence-corrected chi connectivity index (χ1v) is 12.4. The average molecular weight is 635 g/mol. The molecule has 4 aromatic carbocycles. The first kappa shape index (κ1) is 21.1. The Hall–Kier alpha value is -1.14. The monoisotopic (exact) mass is 631 g/mol. The van der Waals surface area contributed by atoms with Crippen LogP contribution < -0.4 is 21.9 Å². The topological polar surface area (TPSA) is 0 Å². The zero-order chi connectivity index (χ0) is 20.4. The van der Waals surface area contributed by atoms with E-state index in [-0.39, 0.29) is 0 Å². The van der Waals surface area contributed by atoms with Crippen molar-refractivity contribution in [2.24, 2.45) is 0 Å². The molecule has 0 unspecified atom stereocenters. The van der Waals surface area contributed by atoms with Gasteiger partial charge in [0.2, 0.25) is 0 Å². The first-order valence-electron chi connectivity index (χ1n) is 9.20. The van der Waals surface area contributed by atoms with Crippen LogP contribution in [0.4, 0.5) is 0 Å². The fourth-order valence-corrected chi connectivity index (χ4v) is 5.93. The lowest BCUT2D eigenvalue weighted by atomic mass is 9.13. The predicted octanol–water partition coefficient (Wildman–Crippen LogP) is 6.11. The van der Waals surface area contributed by atoms with Gasteiger partial charge >= 0.3 is 0 Å². The summed E-state index contributed by atoms with van der Waals surface area (Å²) in [6, 6.07) is 34.6. The average Bonchev–Trinajstić information content (AvgIpc) is 2.69. The van der Waals surface area contributed by atoms with Gasteiger partial charge in [0.05, 0.1) is 0 Å². The number of hydrogen-bond acceptors (Lipinski definition) is 0. The molecule has 0 saturated carbocycles. The summed E-state index contributed by atoms with van der Waals surface area (Å²) < 4.78 is 4.28. The van der Waals surface area contributed by atoms with E-state index in [1.807, 2.05) is 0 Å². The number of benzene rings is 4. The minimum absolute atomic E-state index is 1.07. The van der Waals surface area contributed by atoms with Gasteiger partial charge in [0.15, 0.2) is 0 Å². The van der Waals surface area contributed by atoms with Gasteiger partial charge in [0.1, 0.15) is 6.15 Å². The van der Waals surface area contributed by atoms with E-state index in [2.05, 4.69) is 161 Å². The molecule has 0 aromatic heterocycles. The third kappa shape index (κ3) is 4.20. The molecule has 0 amide bonds. The second-order valence-electron chi connectivity index (χ2n) is 7.09. The van der Waals surface area contributed by atoms with Gasteiger partial charge in [-0.25, -0.2) is 0 Å². The van der Waals surface area contributed by atoms with E-state index in [1.165, 1.54) is 21.9 Å². The van der Waals surface area contributed by atoms with E-state index in [4.69, 9.17) is 0 Å². The fourth-order valence-electron chi connectivity index (χ4n) is 4.26. The van der Waals surface area contributed by atoms with Crippen LogP contribution in [0.1, 0.15) is 0 Å². The molecule has 0 bridgehead atoms. The Morgan fingerprint density at radius 2 is 0.621 bits per heavy atom. The lowest BCUT2D eigenvalue weighted by Gasteiger charge is -2.44. The predicted molar refractivity (Wildman–Crippen MR) is 141 cm³/mol. The van der Waals surface area contributed by atoms with Crippen LogP contribution in [0.15, 0.2) is 115 Å². The van der Waals surface area contributed by atoms with Crippen molar-refractivity contribution in [3.63, 3.8) is 0 Å². The molecule has 0 aliphatic heterocycles. The lowest BCUT2D eigenvalue weighted by molar-refractivity contribution is 1.61. The molecule has 0 saturated heterocycles. The number of hydrogen-bond donors (Lipinski definition) is 0. The number of rotatable bonds is 4. The standard InChI is InChI=1S/C24H16BBr4/c26-21-9-1-5-17(13-21)25(18-6-2-10-22(27)14-18,19-7-3-11-23(28)15-19)20-8-4-12-24(29)16-20/h1-16H/q-1. The normalized spacial score (nSPS) is 11.4. The summed E-state index contributed by atoms with van der Waals surface area (Å²) in [5.74, 6) is 0. The zero-order valence-corrected chi connectivity index (χ0v) is 21.7. The molecular weight excluding hydrogens is 619 g/mol. The van der Waals surface area contributed by atoms with Gasteiger partial charge in [-0.15, -0.1) is 0 Å². The third-order valence-corrected chi connectivity index (χ3v) is 7.37. The van der Waals surface area contributed by atoms with E-state index in [0.717, 1.165) is 17.9 Å². The van der Waals surface area contributed by atoms with Crippen molar-refractivity contribution >= 4 is 91.7 Å². The van der Waals surface area contributed by atoms with Crippen LogP contribution in [-0.4, -0.2) is 6.15 Å². The molecule has 4 aromatic rings. The Labute approximate surface area is 205 Å². The van der Waals surface area contributed by atoms with E-state index in [0.29, 0.717) is 0 Å². The van der Waals surface area contributed by atoms with Crippen molar-refractivity contribution in [1.82, 2.24) is 0 Å². The minimum atomic E-state index is -1.41. The molecule has 0 aliphatic rings. The molecule has 0 fully saturated rings. The van der Waals surface area contributed by atoms with Crippen molar-refractivity contribution in [3.05, 3.63) is 115 Å². The van der Waals surface area contributed by atoms with Gasteiger partial charge < -0.3 is 0 Å². The molecule has 0 heterocycles. The Morgan fingerprint density at radius 3 is 0.828 bits per heavy atom. The van der Waals surface area contributed by atoms with E-state index >= 15 is 0 Å². The molecule has 4 rings (SSSR count). The molecule has 0 atom stereocenters. The Bertz CT molecular complexity index is 985. The maximum atomic E-state index is 3.70. The molecule has 0 nitrogen and oxygen atoms in total. The van der Waals surface area contributed by atoms with Crippen LogP contribution in [0.5, 0.6) is 0 Å². The van der Waals surface area contributed by atoms with Crippen molar-refractivity contribution in [1.29, 1.82) is 0 Å². The zero-order valence-electron chi connectivity index (χ0n) is 15.3. The maximum Gasteiger partial charge on any atom is 0.108 e. The van der Waals surface area contributed by atoms with E-state index in [1.54, 1.807) is 0 Å². The summed E-state index contributed by atoms with van der Waals surface area (Å²) in [5, 5.41) is 0. The smallest absolute Gasteiger partial charge is 0.108 e. The van der Waals surface area contributed by atoms with Gasteiger partial charge in [-0.3, -0.25) is 0 Å². The van der Waals surface area contributed by atoms with Crippen LogP contribution in [-0.2, 0) is 0 Å². The van der Waals surface area contributed by atoms with Crippen molar-refractivity contribution in [2.45, 2.75) is 0 Å². The summed E-state index contributed by atoms with van der Waals surface area (Å²) in [5.41, 5.74) is 5.03. The minimum Gasteiger partial charge on any atom is -0.194 e. The maximum absolute atomic E-state index is 3.70. The van der Waals surface area contributed by atoms with Gasteiger partial charge in [-0.05, 0) is 24.3 Å². The van der Waals surface area contributed by atoms with Gasteiger partial charge in [-0.1, -0.05) is 137 Å². The SMILES string of the molecule is Brc1cccc([B-](c2cccc(Br)c2)(c2cccc(Br)c2)c2cccc(Br)c2)c1. The Balaban J connectivity index is 2.19. The van der Waals surface area contributed by atoms with Crippen LogP contribution in [0.25, 0.3) is 0 Å². The fraction of sp³-hybridized carbons (Fsp3) is 0. The summed E-state index contributed by atoms with van der Waals surface area (Å²) in [6.45, 7) is 0. The van der Waals surface area contributed by atoms with Crippen molar-refractivity contribution < 1.29 is 0 Å². The molecule has 144 valence electrons. The summed E-state index contributed by atoms with van der Waals surface area (Å²) in [4.78, 5) is 0. The summed E-state index contributed by atoms with van der Waals surface area (Å²) in [7, 11) is 0. The summed E-state index contributed by atoms with van der Waals surface area (Å²) >= 11 is 14.8. The highest BCUT2D eigenvalue weighted by atomic mass is 79.9. The lowest BCUT2D eigenvalue weighted by Crippen LogP contribution is -2.74. The molecule has 0 spiro atoms. The second-order valence-corrected chi connectivity index (χ2v) is 10.7. The molecule has 0 radical (unpaired) electrons. The highest BCUT2D eigenvalue weighted by Gasteiger charge is 2.32. The van der Waals surface area contributed by atoms with Crippen molar-refractivity contribution in [3.8, 4) is 0 Å². The molecular formula is C24H16BBr4-. The summed E-state index contributed by atoms with van der Waals surface area (Å²) in [6.07, 6.45) is -1.41.